The summed E-state index contributed by atoms with van der Waals surface area (Å²) in [5.41, 5.74) is 4.11. The molecule has 0 nitrogen and oxygen atoms in total. The number of rotatable bonds is 0. The molecule has 0 saturated carbocycles. The van der Waals surface area contributed by atoms with Crippen LogP contribution >= 0.6 is 24.0 Å². The van der Waals surface area contributed by atoms with Crippen molar-refractivity contribution < 1.29 is 0 Å². The van der Waals surface area contributed by atoms with Crippen LogP contribution < -0.4 is 0 Å². The van der Waals surface area contributed by atoms with Crippen LogP contribution in [0.25, 0.3) is 0 Å². The van der Waals surface area contributed by atoms with E-state index in [4.69, 9.17) is 0 Å². The van der Waals surface area contributed by atoms with Crippen LogP contribution in [-0.4, -0.2) is 0 Å². The monoisotopic (exact) mass is 248 g/mol. The SMILES string of the molecule is Cc1ccc(C)c(C)c1.I. The molecular formula is C9H13I. The van der Waals surface area contributed by atoms with Gasteiger partial charge in [0.2, 0.25) is 0 Å². The predicted molar refractivity (Wildman–Crippen MR) is 56.1 cm³/mol. The summed E-state index contributed by atoms with van der Waals surface area (Å²) in [5, 5.41) is 0. The molecule has 1 heteroatoms. The first-order valence-corrected chi connectivity index (χ1v) is 3.24. The standard InChI is InChI=1S/C9H12.HI/c1-7-4-5-8(2)9(3)6-7;/h4-6H,1-3H3;1H. The van der Waals surface area contributed by atoms with Crippen molar-refractivity contribution in [1.82, 2.24) is 0 Å². The lowest BCUT2D eigenvalue weighted by molar-refractivity contribution is 1.30. The first kappa shape index (κ1) is 9.95. The smallest absolute Gasteiger partial charge is 0.0395 e. The number of hydrogen-bond acceptors (Lipinski definition) is 0. The maximum absolute atomic E-state index is 2.20. The van der Waals surface area contributed by atoms with Gasteiger partial charge in [0.15, 0.2) is 0 Å². The molecule has 1 aromatic rings. The van der Waals surface area contributed by atoms with Crippen molar-refractivity contribution in [3.05, 3.63) is 34.9 Å². The van der Waals surface area contributed by atoms with Crippen LogP contribution in [0.5, 0.6) is 0 Å². The zero-order valence-corrected chi connectivity index (χ0v) is 8.97. The van der Waals surface area contributed by atoms with Crippen LogP contribution in [0, 0.1) is 20.8 Å². The van der Waals surface area contributed by atoms with Gasteiger partial charge in [-0.2, -0.15) is 0 Å². The van der Waals surface area contributed by atoms with Gasteiger partial charge >= 0.3 is 0 Å². The Bertz CT molecular complexity index is 216. The molecule has 1 rings (SSSR count). The molecule has 1 aromatic carbocycles. The predicted octanol–water partition coefficient (Wildman–Crippen LogP) is 3.23. The summed E-state index contributed by atoms with van der Waals surface area (Å²) in [5.74, 6) is 0. The molecule has 0 heterocycles. The van der Waals surface area contributed by atoms with Crippen molar-refractivity contribution >= 4 is 24.0 Å². The Morgan fingerprint density at radius 2 is 1.50 bits per heavy atom. The molecule has 0 saturated heterocycles. The second kappa shape index (κ2) is 3.96. The van der Waals surface area contributed by atoms with Crippen LogP contribution in [0.4, 0.5) is 0 Å². The van der Waals surface area contributed by atoms with Gasteiger partial charge in [0.25, 0.3) is 0 Å². The van der Waals surface area contributed by atoms with Crippen molar-refractivity contribution in [3.8, 4) is 0 Å². The van der Waals surface area contributed by atoms with Crippen LogP contribution in [0.15, 0.2) is 18.2 Å². The van der Waals surface area contributed by atoms with E-state index in [1.54, 1.807) is 0 Å². The van der Waals surface area contributed by atoms with Crippen LogP contribution in [0.1, 0.15) is 16.7 Å². The third-order valence-electron chi connectivity index (χ3n) is 1.66. The summed E-state index contributed by atoms with van der Waals surface area (Å²) in [6.07, 6.45) is 0. The summed E-state index contributed by atoms with van der Waals surface area (Å²) >= 11 is 0. The Morgan fingerprint density at radius 3 is 1.90 bits per heavy atom. The normalized spacial score (nSPS) is 8.70. The Hall–Kier alpha value is -0.0500. The van der Waals surface area contributed by atoms with E-state index in [2.05, 4.69) is 39.0 Å². The second-order valence-corrected chi connectivity index (χ2v) is 2.59. The number of hydrogen-bond donors (Lipinski definition) is 0. The highest BCUT2D eigenvalue weighted by molar-refractivity contribution is 14.0. The zero-order chi connectivity index (χ0) is 6.85. The van der Waals surface area contributed by atoms with Gasteiger partial charge < -0.3 is 0 Å². The van der Waals surface area contributed by atoms with Gasteiger partial charge in [0.1, 0.15) is 0 Å². The van der Waals surface area contributed by atoms with Gasteiger partial charge in [-0.15, -0.1) is 24.0 Å². The minimum atomic E-state index is 0. The van der Waals surface area contributed by atoms with E-state index >= 15 is 0 Å². The van der Waals surface area contributed by atoms with Crippen molar-refractivity contribution in [2.75, 3.05) is 0 Å². The highest BCUT2D eigenvalue weighted by Crippen LogP contribution is 2.07. The van der Waals surface area contributed by atoms with Gasteiger partial charge in [0.05, 0.1) is 0 Å². The van der Waals surface area contributed by atoms with Crippen LogP contribution in [-0.2, 0) is 0 Å². The van der Waals surface area contributed by atoms with E-state index in [1.165, 1.54) is 16.7 Å². The summed E-state index contributed by atoms with van der Waals surface area (Å²) in [7, 11) is 0. The summed E-state index contributed by atoms with van der Waals surface area (Å²) in [4.78, 5) is 0. The molecule has 0 atom stereocenters. The molecule has 0 unspecified atom stereocenters. The fraction of sp³-hybridized carbons (Fsp3) is 0.333. The Kier molecular flexibility index (Phi) is 3.94. The Balaban J connectivity index is 0.000000810. The lowest BCUT2D eigenvalue weighted by atomic mass is 10.1. The molecular weight excluding hydrogens is 235 g/mol. The van der Waals surface area contributed by atoms with Crippen LogP contribution in [0.2, 0.25) is 0 Å². The van der Waals surface area contributed by atoms with Crippen LogP contribution in [0.3, 0.4) is 0 Å². The molecule has 0 radical (unpaired) electrons. The van der Waals surface area contributed by atoms with Gasteiger partial charge in [-0.1, -0.05) is 23.8 Å². The third-order valence-corrected chi connectivity index (χ3v) is 1.66. The van der Waals surface area contributed by atoms with Crippen molar-refractivity contribution in [1.29, 1.82) is 0 Å². The van der Waals surface area contributed by atoms with Gasteiger partial charge in [-0.25, -0.2) is 0 Å². The number of aryl methyl sites for hydroxylation is 3. The van der Waals surface area contributed by atoms with Gasteiger partial charge in [-0.3, -0.25) is 0 Å². The maximum atomic E-state index is 2.20. The van der Waals surface area contributed by atoms with E-state index in [1.807, 2.05) is 0 Å². The minimum absolute atomic E-state index is 0. The van der Waals surface area contributed by atoms with Crippen molar-refractivity contribution in [2.45, 2.75) is 20.8 Å². The molecule has 0 fully saturated rings. The molecule has 0 aliphatic rings. The van der Waals surface area contributed by atoms with E-state index < -0.39 is 0 Å². The van der Waals surface area contributed by atoms with E-state index in [9.17, 15) is 0 Å². The highest BCUT2D eigenvalue weighted by Gasteiger charge is 1.89. The summed E-state index contributed by atoms with van der Waals surface area (Å²) in [6.45, 7) is 6.39. The first-order valence-electron chi connectivity index (χ1n) is 3.24. The molecule has 0 aromatic heterocycles. The Labute approximate surface area is 79.7 Å². The zero-order valence-electron chi connectivity index (χ0n) is 6.64. The maximum Gasteiger partial charge on any atom is -0.0395 e. The molecule has 0 aliphatic carbocycles. The molecule has 0 aliphatic heterocycles. The summed E-state index contributed by atoms with van der Waals surface area (Å²) < 4.78 is 0. The second-order valence-electron chi connectivity index (χ2n) is 2.59. The lowest BCUT2D eigenvalue weighted by Crippen LogP contribution is -1.79. The summed E-state index contributed by atoms with van der Waals surface area (Å²) in [6, 6.07) is 6.50. The largest absolute Gasteiger partial charge is 0.107 e. The topological polar surface area (TPSA) is 0 Å². The van der Waals surface area contributed by atoms with Crippen molar-refractivity contribution in [3.63, 3.8) is 0 Å². The average Bonchev–Trinajstić information content (AvgIpc) is 1.80. The quantitative estimate of drug-likeness (QED) is 0.618. The molecule has 56 valence electrons. The lowest BCUT2D eigenvalue weighted by Gasteiger charge is -1.98. The van der Waals surface area contributed by atoms with Gasteiger partial charge in [0, 0.05) is 0 Å². The molecule has 0 bridgehead atoms. The fourth-order valence-electron chi connectivity index (χ4n) is 0.891. The van der Waals surface area contributed by atoms with Gasteiger partial charge in [-0.05, 0) is 31.9 Å². The highest BCUT2D eigenvalue weighted by atomic mass is 127. The first-order chi connectivity index (χ1) is 4.20. The molecule has 10 heavy (non-hydrogen) atoms. The fourth-order valence-corrected chi connectivity index (χ4v) is 0.891. The average molecular weight is 248 g/mol. The van der Waals surface area contributed by atoms with E-state index in [-0.39, 0.29) is 24.0 Å². The van der Waals surface area contributed by atoms with Crippen molar-refractivity contribution in [2.24, 2.45) is 0 Å². The molecule has 0 amide bonds. The number of halogens is 1. The van der Waals surface area contributed by atoms with E-state index in [0.717, 1.165) is 0 Å². The molecule has 0 spiro atoms. The third kappa shape index (κ3) is 2.29. The Morgan fingerprint density at radius 1 is 0.900 bits per heavy atom. The number of benzene rings is 1. The van der Waals surface area contributed by atoms with E-state index in [0.29, 0.717) is 0 Å². The molecule has 0 N–H and O–H groups in total. The minimum Gasteiger partial charge on any atom is -0.107 e.